The highest BCUT2D eigenvalue weighted by molar-refractivity contribution is 5.93. The van der Waals surface area contributed by atoms with E-state index in [0.717, 1.165) is 70.6 Å². The zero-order valence-corrected chi connectivity index (χ0v) is 31.6. The van der Waals surface area contributed by atoms with Crippen LogP contribution in [-0.2, 0) is 28.8 Å². The number of ether oxygens (including phenoxy) is 4. The molecule has 2 aliphatic carbocycles. The predicted molar refractivity (Wildman–Crippen MR) is 203 cm³/mol. The molecular formula is C43H58O9. The molecule has 284 valence electrons. The summed E-state index contributed by atoms with van der Waals surface area (Å²) in [5, 5.41) is 10.1. The molecule has 2 saturated carbocycles. The van der Waals surface area contributed by atoms with E-state index in [9.17, 15) is 9.59 Å². The number of aliphatic carboxylic acids is 1. The third-order valence-corrected chi connectivity index (χ3v) is 10.2. The van der Waals surface area contributed by atoms with Gasteiger partial charge in [0.1, 0.15) is 36.2 Å². The number of carboxylic acid groups (broad SMARTS) is 1. The Hall–Kier alpha value is -3.76. The van der Waals surface area contributed by atoms with Crippen LogP contribution in [0.1, 0.15) is 91.0 Å². The summed E-state index contributed by atoms with van der Waals surface area (Å²) in [7, 11) is 1.67. The SMILES string of the molecule is C=C(c1ccc(Oc2cccc3c(OCCOC)cccc23)cc1)C1COC2(OO1)C(CC)CC1CC(C)CC2C1.CC.O=CCCCCC(=O)O. The van der Waals surface area contributed by atoms with E-state index in [2.05, 4.69) is 20.4 Å². The number of fused-ring (bicyclic) bond motifs is 4. The largest absolute Gasteiger partial charge is 0.491 e. The van der Waals surface area contributed by atoms with Gasteiger partial charge in [0.05, 0.1) is 13.2 Å². The minimum atomic E-state index is -0.791. The molecule has 1 saturated heterocycles. The Balaban J connectivity index is 0.000000483. The lowest BCUT2D eigenvalue weighted by molar-refractivity contribution is -0.511. The molecule has 3 fully saturated rings. The maximum absolute atomic E-state index is 9.87. The van der Waals surface area contributed by atoms with Crippen molar-refractivity contribution in [1.82, 2.24) is 0 Å². The third-order valence-electron chi connectivity index (χ3n) is 10.2. The van der Waals surface area contributed by atoms with Crippen molar-refractivity contribution in [1.29, 1.82) is 0 Å². The van der Waals surface area contributed by atoms with Crippen LogP contribution in [0.2, 0.25) is 0 Å². The molecule has 1 aliphatic heterocycles. The lowest BCUT2D eigenvalue weighted by atomic mass is 9.61. The molecule has 0 amide bonds. The Labute approximate surface area is 309 Å². The second-order valence-corrected chi connectivity index (χ2v) is 13.8. The van der Waals surface area contributed by atoms with E-state index < -0.39 is 11.8 Å². The summed E-state index contributed by atoms with van der Waals surface area (Å²) in [6, 6.07) is 19.9. The number of benzene rings is 3. The number of unbranched alkanes of at least 4 members (excludes halogenated alkanes) is 2. The molecule has 6 rings (SSSR count). The maximum atomic E-state index is 9.87. The monoisotopic (exact) mass is 718 g/mol. The zero-order valence-electron chi connectivity index (χ0n) is 31.6. The molecule has 3 aromatic carbocycles. The first kappa shape index (κ1) is 41.0. The van der Waals surface area contributed by atoms with Crippen LogP contribution >= 0.6 is 0 Å². The highest BCUT2D eigenvalue weighted by atomic mass is 17.2. The van der Waals surface area contributed by atoms with Crippen molar-refractivity contribution in [3.63, 3.8) is 0 Å². The van der Waals surface area contributed by atoms with Gasteiger partial charge in [-0.2, -0.15) is 4.89 Å². The van der Waals surface area contributed by atoms with Gasteiger partial charge in [-0.3, -0.25) is 4.79 Å². The highest BCUT2D eigenvalue weighted by Crippen LogP contribution is 2.54. The van der Waals surface area contributed by atoms with Crippen LogP contribution in [0.3, 0.4) is 0 Å². The van der Waals surface area contributed by atoms with E-state index in [4.69, 9.17) is 33.8 Å². The normalized spacial score (nSPS) is 24.8. The van der Waals surface area contributed by atoms with Gasteiger partial charge in [-0.05, 0) is 92.2 Å². The summed E-state index contributed by atoms with van der Waals surface area (Å²) in [5.41, 5.74) is 1.81. The van der Waals surface area contributed by atoms with Crippen molar-refractivity contribution in [3.05, 3.63) is 72.8 Å². The maximum Gasteiger partial charge on any atom is 0.303 e. The van der Waals surface area contributed by atoms with Crippen LogP contribution in [0, 0.1) is 23.7 Å². The van der Waals surface area contributed by atoms with Gasteiger partial charge >= 0.3 is 5.97 Å². The summed E-state index contributed by atoms with van der Waals surface area (Å²) < 4.78 is 24.0. The molecule has 6 unspecified atom stereocenters. The minimum absolute atomic E-state index is 0.174. The third kappa shape index (κ3) is 10.4. The van der Waals surface area contributed by atoms with Crippen molar-refractivity contribution in [2.45, 2.75) is 97.4 Å². The molecule has 3 aliphatic rings. The van der Waals surface area contributed by atoms with E-state index >= 15 is 0 Å². The predicted octanol–water partition coefficient (Wildman–Crippen LogP) is 10.1. The molecule has 52 heavy (non-hydrogen) atoms. The molecule has 0 radical (unpaired) electrons. The standard InChI is InChI=1S/C35H42O6.C6H10O3.C2H6/c1-5-27-20-25-18-23(2)19-28(21-25)35(27)38-22-34(40-41-35)24(3)26-12-14-29(15-13-26)39-33-11-7-8-30-31(33)9-6-10-32(30)37-17-16-36-4;7-5-3-1-2-4-6(8)9;1-2/h6-15,23,25,27-28,34H,3,5,16-22H2,1-2,4H3;5H,1-4H2,(H,8,9);1-2H3. The molecule has 9 heteroatoms. The van der Waals surface area contributed by atoms with Gasteiger partial charge in [0, 0.05) is 42.6 Å². The van der Waals surface area contributed by atoms with Crippen LogP contribution in [0.15, 0.2) is 67.2 Å². The lowest BCUT2D eigenvalue weighted by Crippen LogP contribution is -2.59. The fourth-order valence-corrected chi connectivity index (χ4v) is 7.80. The van der Waals surface area contributed by atoms with Crippen molar-refractivity contribution >= 4 is 28.6 Å². The molecule has 3 aromatic rings. The van der Waals surface area contributed by atoms with Crippen molar-refractivity contribution in [2.75, 3.05) is 26.9 Å². The molecule has 1 heterocycles. The minimum Gasteiger partial charge on any atom is -0.491 e. The summed E-state index contributed by atoms with van der Waals surface area (Å²) in [4.78, 5) is 31.9. The summed E-state index contributed by atoms with van der Waals surface area (Å²) in [6.07, 6.45) is 8.25. The summed E-state index contributed by atoms with van der Waals surface area (Å²) in [5.74, 6) is 3.16. The number of hydrogen-bond donors (Lipinski definition) is 1. The van der Waals surface area contributed by atoms with Crippen LogP contribution in [0.25, 0.3) is 16.3 Å². The Morgan fingerprint density at radius 1 is 0.962 bits per heavy atom. The van der Waals surface area contributed by atoms with E-state index in [1.54, 1.807) is 7.11 Å². The molecule has 1 N–H and O–H groups in total. The zero-order chi connectivity index (χ0) is 37.5. The Morgan fingerprint density at radius 2 is 1.67 bits per heavy atom. The van der Waals surface area contributed by atoms with Gasteiger partial charge in [0.2, 0.25) is 5.79 Å². The van der Waals surface area contributed by atoms with Gasteiger partial charge < -0.3 is 28.8 Å². The van der Waals surface area contributed by atoms with Crippen molar-refractivity contribution in [3.8, 4) is 17.2 Å². The number of rotatable bonds is 14. The summed E-state index contributed by atoms with van der Waals surface area (Å²) >= 11 is 0. The fourth-order valence-electron chi connectivity index (χ4n) is 7.80. The van der Waals surface area contributed by atoms with Gasteiger partial charge in [0.25, 0.3) is 0 Å². The number of carbonyl (C=O) groups is 2. The van der Waals surface area contributed by atoms with E-state index in [1.807, 2.05) is 74.5 Å². The highest BCUT2D eigenvalue weighted by Gasteiger charge is 2.57. The fraction of sp³-hybridized carbons (Fsp3) is 0.535. The van der Waals surface area contributed by atoms with E-state index in [0.29, 0.717) is 56.8 Å². The number of hydrogen-bond acceptors (Lipinski definition) is 8. The first-order valence-electron chi connectivity index (χ1n) is 19.0. The second-order valence-electron chi connectivity index (χ2n) is 13.8. The van der Waals surface area contributed by atoms with Crippen molar-refractivity contribution in [2.24, 2.45) is 23.7 Å². The average Bonchev–Trinajstić information content (AvgIpc) is 3.16. The molecule has 2 bridgehead atoms. The first-order valence-corrected chi connectivity index (χ1v) is 19.0. The molecule has 6 atom stereocenters. The molecule has 1 spiro atoms. The van der Waals surface area contributed by atoms with Crippen LogP contribution < -0.4 is 9.47 Å². The van der Waals surface area contributed by atoms with Gasteiger partial charge in [-0.1, -0.05) is 70.7 Å². The van der Waals surface area contributed by atoms with Crippen LogP contribution in [0.4, 0.5) is 0 Å². The Morgan fingerprint density at radius 3 is 2.31 bits per heavy atom. The van der Waals surface area contributed by atoms with Crippen molar-refractivity contribution < 1.29 is 43.4 Å². The number of methoxy groups -OCH3 is 1. The van der Waals surface area contributed by atoms with Crippen LogP contribution in [-0.4, -0.2) is 56.2 Å². The van der Waals surface area contributed by atoms with E-state index in [1.165, 1.54) is 12.8 Å². The second kappa shape index (κ2) is 20.5. The summed E-state index contributed by atoms with van der Waals surface area (Å²) in [6.45, 7) is 14.4. The average molecular weight is 719 g/mol. The van der Waals surface area contributed by atoms with Gasteiger partial charge in [-0.25, -0.2) is 4.89 Å². The van der Waals surface area contributed by atoms with Gasteiger partial charge in [0.15, 0.2) is 0 Å². The number of carbonyl (C=O) groups excluding carboxylic acids is 1. The van der Waals surface area contributed by atoms with Gasteiger partial charge in [-0.15, -0.1) is 0 Å². The Kier molecular flexibility index (Phi) is 16.1. The molecule has 9 nitrogen and oxygen atoms in total. The number of carboxylic acids is 1. The number of aldehydes is 1. The first-order chi connectivity index (χ1) is 25.3. The lowest BCUT2D eigenvalue weighted by Gasteiger charge is -2.55. The smallest absolute Gasteiger partial charge is 0.303 e. The van der Waals surface area contributed by atoms with Crippen LogP contribution in [0.5, 0.6) is 17.2 Å². The molecular weight excluding hydrogens is 660 g/mol. The van der Waals surface area contributed by atoms with E-state index in [-0.39, 0.29) is 12.5 Å². The quantitative estimate of drug-likeness (QED) is 0.0989. The topological polar surface area (TPSA) is 110 Å². The Bertz CT molecular complexity index is 1560. The molecule has 0 aromatic heterocycles.